The Kier molecular flexibility index (Phi) is 2.94. The van der Waals surface area contributed by atoms with Crippen molar-refractivity contribution in [3.63, 3.8) is 0 Å². The number of benzene rings is 2. The monoisotopic (exact) mass is 252 g/mol. The molecule has 1 aliphatic rings. The first-order chi connectivity index (χ1) is 9.17. The summed E-state index contributed by atoms with van der Waals surface area (Å²) in [6.45, 7) is 6.50. The van der Waals surface area contributed by atoms with Crippen LogP contribution in [-0.2, 0) is 6.54 Å². The molecule has 1 heterocycles. The van der Waals surface area contributed by atoms with E-state index in [4.69, 9.17) is 0 Å². The highest BCUT2D eigenvalue weighted by molar-refractivity contribution is 5.73. The lowest BCUT2D eigenvalue weighted by Crippen LogP contribution is -2.51. The maximum Gasteiger partial charge on any atom is 0.0610 e. The van der Waals surface area contributed by atoms with Gasteiger partial charge >= 0.3 is 0 Å². The maximum absolute atomic E-state index is 3.53. The van der Waals surface area contributed by atoms with Crippen LogP contribution in [0.15, 0.2) is 54.6 Å². The summed E-state index contributed by atoms with van der Waals surface area (Å²) in [6.07, 6.45) is 0. The van der Waals surface area contributed by atoms with Gasteiger partial charge in [-0.2, -0.15) is 0 Å². The topological polar surface area (TPSA) is 15.3 Å². The molecular weight excluding hydrogens is 232 g/mol. The Morgan fingerprint density at radius 2 is 1.68 bits per heavy atom. The molecule has 2 aromatic carbocycles. The molecule has 0 bridgehead atoms. The molecule has 0 spiro atoms. The van der Waals surface area contributed by atoms with Crippen LogP contribution in [0.3, 0.4) is 0 Å². The van der Waals surface area contributed by atoms with E-state index in [9.17, 15) is 0 Å². The van der Waals surface area contributed by atoms with Gasteiger partial charge in [-0.3, -0.25) is 0 Å². The third-order valence-corrected chi connectivity index (χ3v) is 3.82. The first kappa shape index (κ1) is 12.1. The Hall–Kier alpha value is -1.96. The van der Waals surface area contributed by atoms with Crippen LogP contribution in [0.5, 0.6) is 0 Å². The third-order valence-electron chi connectivity index (χ3n) is 3.82. The molecule has 0 saturated carbocycles. The highest BCUT2D eigenvalue weighted by atomic mass is 15.3. The van der Waals surface area contributed by atoms with Gasteiger partial charge in [-0.25, -0.2) is 0 Å². The summed E-state index contributed by atoms with van der Waals surface area (Å²) in [4.78, 5) is 2.49. The maximum atomic E-state index is 3.53. The second kappa shape index (κ2) is 4.61. The summed E-state index contributed by atoms with van der Waals surface area (Å²) in [5.74, 6) is 0. The zero-order valence-corrected chi connectivity index (χ0v) is 11.6. The van der Waals surface area contributed by atoms with Crippen molar-refractivity contribution in [2.75, 3.05) is 16.8 Å². The van der Waals surface area contributed by atoms with Crippen molar-refractivity contribution in [2.24, 2.45) is 0 Å². The van der Waals surface area contributed by atoms with Crippen molar-refractivity contribution in [1.82, 2.24) is 0 Å². The summed E-state index contributed by atoms with van der Waals surface area (Å²) >= 11 is 0. The summed E-state index contributed by atoms with van der Waals surface area (Å²) in [5, 5.41) is 3.53. The first-order valence-electron chi connectivity index (χ1n) is 6.81. The van der Waals surface area contributed by atoms with E-state index >= 15 is 0 Å². The lowest BCUT2D eigenvalue weighted by atomic mass is 9.96. The molecule has 0 amide bonds. The Balaban J connectivity index is 1.97. The molecule has 2 nitrogen and oxygen atoms in total. The second-order valence-corrected chi connectivity index (χ2v) is 5.75. The predicted molar refractivity (Wildman–Crippen MR) is 81.6 cm³/mol. The minimum atomic E-state index is 0.115. The van der Waals surface area contributed by atoms with E-state index in [1.807, 2.05) is 0 Å². The molecule has 0 radical (unpaired) electrons. The van der Waals surface area contributed by atoms with Crippen LogP contribution in [-0.4, -0.2) is 12.1 Å². The fourth-order valence-electron chi connectivity index (χ4n) is 2.66. The number of anilines is 2. The molecule has 0 unspecified atom stereocenters. The first-order valence-corrected chi connectivity index (χ1v) is 6.81. The normalized spacial score (nSPS) is 16.6. The number of rotatable bonds is 2. The van der Waals surface area contributed by atoms with E-state index in [0.29, 0.717) is 0 Å². The molecule has 1 aliphatic heterocycles. The van der Waals surface area contributed by atoms with Gasteiger partial charge in [0.05, 0.1) is 16.9 Å². The standard InChI is InChI=1S/C17H20N2/c1-17(2)13-18-15-10-6-7-11-16(15)19(17)12-14-8-4-3-5-9-14/h3-11,18H,12-13H2,1-2H3. The Morgan fingerprint density at radius 1 is 1.00 bits per heavy atom. The average molecular weight is 252 g/mol. The van der Waals surface area contributed by atoms with E-state index in [-0.39, 0.29) is 5.54 Å². The molecule has 2 heteroatoms. The lowest BCUT2D eigenvalue weighted by molar-refractivity contribution is 0.469. The van der Waals surface area contributed by atoms with Crippen molar-refractivity contribution in [2.45, 2.75) is 25.9 Å². The van der Waals surface area contributed by atoms with E-state index in [1.165, 1.54) is 16.9 Å². The molecule has 98 valence electrons. The van der Waals surface area contributed by atoms with Gasteiger partial charge in [0.25, 0.3) is 0 Å². The number of para-hydroxylation sites is 2. The van der Waals surface area contributed by atoms with E-state index < -0.39 is 0 Å². The molecule has 0 aliphatic carbocycles. The Morgan fingerprint density at radius 3 is 2.47 bits per heavy atom. The molecule has 2 aromatic rings. The van der Waals surface area contributed by atoms with Crippen LogP contribution in [0, 0.1) is 0 Å². The summed E-state index contributed by atoms with van der Waals surface area (Å²) in [6, 6.07) is 19.2. The second-order valence-electron chi connectivity index (χ2n) is 5.75. The molecule has 0 fully saturated rings. The van der Waals surface area contributed by atoms with Gasteiger partial charge in [-0.05, 0) is 31.5 Å². The van der Waals surface area contributed by atoms with E-state index in [2.05, 4.69) is 78.7 Å². The predicted octanol–water partition coefficient (Wildman–Crippen LogP) is 3.90. The molecule has 1 N–H and O–H groups in total. The number of nitrogens with zero attached hydrogens (tertiary/aromatic N) is 1. The number of fused-ring (bicyclic) bond motifs is 1. The average Bonchev–Trinajstić information content (AvgIpc) is 2.43. The minimum Gasteiger partial charge on any atom is -0.381 e. The van der Waals surface area contributed by atoms with Gasteiger partial charge in [0.15, 0.2) is 0 Å². The smallest absolute Gasteiger partial charge is 0.0610 e. The van der Waals surface area contributed by atoms with Gasteiger partial charge in [-0.15, -0.1) is 0 Å². The van der Waals surface area contributed by atoms with Gasteiger partial charge in [-0.1, -0.05) is 42.5 Å². The van der Waals surface area contributed by atoms with Gasteiger partial charge in [0.2, 0.25) is 0 Å². The van der Waals surface area contributed by atoms with Crippen LogP contribution in [0.1, 0.15) is 19.4 Å². The van der Waals surface area contributed by atoms with Crippen molar-refractivity contribution >= 4 is 11.4 Å². The molecular formula is C17H20N2. The summed E-state index contributed by atoms with van der Waals surface area (Å²) < 4.78 is 0. The molecule has 0 atom stereocenters. The van der Waals surface area contributed by atoms with Crippen LogP contribution in [0.2, 0.25) is 0 Å². The van der Waals surface area contributed by atoms with Gasteiger partial charge in [0.1, 0.15) is 0 Å². The van der Waals surface area contributed by atoms with Crippen LogP contribution >= 0.6 is 0 Å². The van der Waals surface area contributed by atoms with E-state index in [0.717, 1.165) is 13.1 Å². The highest BCUT2D eigenvalue weighted by Crippen LogP contribution is 2.36. The van der Waals surface area contributed by atoms with E-state index in [1.54, 1.807) is 0 Å². The van der Waals surface area contributed by atoms with Crippen molar-refractivity contribution < 1.29 is 0 Å². The van der Waals surface area contributed by atoms with Crippen molar-refractivity contribution in [3.05, 3.63) is 60.2 Å². The van der Waals surface area contributed by atoms with Gasteiger partial charge < -0.3 is 10.2 Å². The van der Waals surface area contributed by atoms with Crippen LogP contribution in [0.25, 0.3) is 0 Å². The fourth-order valence-corrected chi connectivity index (χ4v) is 2.66. The zero-order chi connectivity index (χ0) is 13.3. The van der Waals surface area contributed by atoms with Gasteiger partial charge in [0, 0.05) is 13.1 Å². The number of nitrogens with one attached hydrogen (secondary N) is 1. The van der Waals surface area contributed by atoms with Crippen molar-refractivity contribution in [3.8, 4) is 0 Å². The van der Waals surface area contributed by atoms with Crippen LogP contribution < -0.4 is 10.2 Å². The van der Waals surface area contributed by atoms with Crippen molar-refractivity contribution in [1.29, 1.82) is 0 Å². The Labute approximate surface area is 115 Å². The van der Waals surface area contributed by atoms with Crippen LogP contribution in [0.4, 0.5) is 11.4 Å². The lowest BCUT2D eigenvalue weighted by Gasteiger charge is -2.45. The quantitative estimate of drug-likeness (QED) is 0.872. The largest absolute Gasteiger partial charge is 0.381 e. The zero-order valence-electron chi connectivity index (χ0n) is 11.6. The fraction of sp³-hybridized carbons (Fsp3) is 0.294. The summed E-state index contributed by atoms with van der Waals surface area (Å²) in [7, 11) is 0. The summed E-state index contributed by atoms with van der Waals surface area (Å²) in [5.41, 5.74) is 4.00. The highest BCUT2D eigenvalue weighted by Gasteiger charge is 2.32. The SMILES string of the molecule is CC1(C)CNc2ccccc2N1Cc1ccccc1. The molecule has 0 aromatic heterocycles. The minimum absolute atomic E-state index is 0.115. The third kappa shape index (κ3) is 2.30. The molecule has 0 saturated heterocycles. The number of hydrogen-bond donors (Lipinski definition) is 1. The number of hydrogen-bond acceptors (Lipinski definition) is 2. The molecule has 19 heavy (non-hydrogen) atoms. The Bertz CT molecular complexity index is 560. The molecule has 3 rings (SSSR count).